The van der Waals surface area contributed by atoms with Gasteiger partial charge in [0, 0.05) is 6.42 Å². The van der Waals surface area contributed by atoms with E-state index in [1.165, 1.54) is 24.5 Å². The molecular weight excluding hydrogens is 275 g/mol. The highest BCUT2D eigenvalue weighted by Crippen LogP contribution is 2.40. The summed E-state index contributed by atoms with van der Waals surface area (Å²) in [6, 6.07) is 12.7. The SMILES string of the molecule is OC(Cc1ccc(F)c(Cl)c1)c1cccc(C2CC2)c1. The highest BCUT2D eigenvalue weighted by Gasteiger charge is 2.24. The van der Waals surface area contributed by atoms with Crippen LogP contribution in [0.2, 0.25) is 5.02 Å². The minimum Gasteiger partial charge on any atom is -0.388 e. The Bertz CT molecular complexity index is 622. The van der Waals surface area contributed by atoms with Crippen molar-refractivity contribution < 1.29 is 9.50 Å². The summed E-state index contributed by atoms with van der Waals surface area (Å²) in [6.07, 6.45) is 2.34. The van der Waals surface area contributed by atoms with Crippen LogP contribution in [-0.4, -0.2) is 5.11 Å². The fourth-order valence-corrected chi connectivity index (χ4v) is 2.65. The van der Waals surface area contributed by atoms with Gasteiger partial charge in [-0.3, -0.25) is 0 Å². The van der Waals surface area contributed by atoms with E-state index in [1.54, 1.807) is 12.1 Å². The minimum atomic E-state index is -0.588. The molecule has 1 saturated carbocycles. The first-order valence-electron chi connectivity index (χ1n) is 6.85. The first-order valence-corrected chi connectivity index (χ1v) is 7.23. The molecule has 0 aliphatic heterocycles. The van der Waals surface area contributed by atoms with E-state index in [2.05, 4.69) is 12.1 Å². The highest BCUT2D eigenvalue weighted by atomic mass is 35.5. The van der Waals surface area contributed by atoms with Crippen molar-refractivity contribution in [3.63, 3.8) is 0 Å². The maximum absolute atomic E-state index is 13.1. The van der Waals surface area contributed by atoms with E-state index in [1.807, 2.05) is 12.1 Å². The first kappa shape index (κ1) is 13.6. The Morgan fingerprint density at radius 2 is 2.00 bits per heavy atom. The van der Waals surface area contributed by atoms with Gasteiger partial charge in [-0.05, 0) is 47.6 Å². The van der Waals surface area contributed by atoms with E-state index in [4.69, 9.17) is 11.6 Å². The lowest BCUT2D eigenvalue weighted by molar-refractivity contribution is 0.178. The lowest BCUT2D eigenvalue weighted by Crippen LogP contribution is -2.02. The molecule has 3 rings (SSSR count). The van der Waals surface area contributed by atoms with Gasteiger partial charge in [0.25, 0.3) is 0 Å². The molecule has 2 aromatic rings. The summed E-state index contributed by atoms with van der Waals surface area (Å²) in [5.74, 6) is 0.239. The second-order valence-electron chi connectivity index (χ2n) is 5.41. The molecule has 104 valence electrons. The summed E-state index contributed by atoms with van der Waals surface area (Å²) in [5, 5.41) is 10.4. The van der Waals surface area contributed by atoms with Crippen LogP contribution < -0.4 is 0 Å². The molecule has 2 aromatic carbocycles. The predicted molar refractivity (Wildman–Crippen MR) is 78.5 cm³/mol. The molecule has 1 aliphatic carbocycles. The van der Waals surface area contributed by atoms with Crippen molar-refractivity contribution in [2.45, 2.75) is 31.3 Å². The van der Waals surface area contributed by atoms with Crippen LogP contribution >= 0.6 is 11.6 Å². The number of halogens is 2. The lowest BCUT2D eigenvalue weighted by atomic mass is 9.98. The van der Waals surface area contributed by atoms with Gasteiger partial charge in [0.2, 0.25) is 0 Å². The molecule has 0 spiro atoms. The largest absolute Gasteiger partial charge is 0.388 e. The van der Waals surface area contributed by atoms with Crippen molar-refractivity contribution in [2.24, 2.45) is 0 Å². The Morgan fingerprint density at radius 1 is 1.20 bits per heavy atom. The zero-order valence-electron chi connectivity index (χ0n) is 11.0. The number of hydrogen-bond donors (Lipinski definition) is 1. The highest BCUT2D eigenvalue weighted by molar-refractivity contribution is 6.30. The minimum absolute atomic E-state index is 0.0985. The number of rotatable bonds is 4. The molecule has 0 amide bonds. The third-order valence-corrected chi connectivity index (χ3v) is 4.05. The van der Waals surface area contributed by atoms with Crippen LogP contribution in [0.1, 0.15) is 41.6 Å². The summed E-state index contributed by atoms with van der Waals surface area (Å²) >= 11 is 5.76. The van der Waals surface area contributed by atoms with E-state index in [0.29, 0.717) is 12.3 Å². The van der Waals surface area contributed by atoms with Gasteiger partial charge in [-0.1, -0.05) is 41.9 Å². The van der Waals surface area contributed by atoms with Gasteiger partial charge < -0.3 is 5.11 Å². The standard InChI is InChI=1S/C17H16ClFO/c18-15-8-11(4-7-16(15)19)9-17(20)14-3-1-2-13(10-14)12-5-6-12/h1-4,7-8,10,12,17,20H,5-6,9H2. The Hall–Kier alpha value is -1.38. The Kier molecular flexibility index (Phi) is 3.77. The second-order valence-corrected chi connectivity index (χ2v) is 5.82. The number of aliphatic hydroxyl groups excluding tert-OH is 1. The molecule has 3 heteroatoms. The first-order chi connectivity index (χ1) is 9.63. The van der Waals surface area contributed by atoms with Crippen LogP contribution in [0.5, 0.6) is 0 Å². The molecule has 20 heavy (non-hydrogen) atoms. The predicted octanol–water partition coefficient (Wildman–Crippen LogP) is 4.63. The maximum atomic E-state index is 13.1. The number of hydrogen-bond acceptors (Lipinski definition) is 1. The maximum Gasteiger partial charge on any atom is 0.141 e. The number of aliphatic hydroxyl groups is 1. The van der Waals surface area contributed by atoms with Gasteiger partial charge >= 0.3 is 0 Å². The van der Waals surface area contributed by atoms with Gasteiger partial charge in [-0.2, -0.15) is 0 Å². The Labute approximate surface area is 123 Å². The lowest BCUT2D eigenvalue weighted by Gasteiger charge is -2.13. The van der Waals surface area contributed by atoms with Crippen LogP contribution in [0.3, 0.4) is 0 Å². The molecule has 1 aliphatic rings. The average molecular weight is 291 g/mol. The molecule has 1 N–H and O–H groups in total. The molecule has 1 nitrogen and oxygen atoms in total. The van der Waals surface area contributed by atoms with Crippen LogP contribution in [0.15, 0.2) is 42.5 Å². The van der Waals surface area contributed by atoms with E-state index < -0.39 is 11.9 Å². The molecule has 1 atom stereocenters. The Balaban J connectivity index is 1.76. The quantitative estimate of drug-likeness (QED) is 0.870. The van der Waals surface area contributed by atoms with Crippen LogP contribution in [0.4, 0.5) is 4.39 Å². The third kappa shape index (κ3) is 3.02. The molecule has 0 heterocycles. The molecule has 0 radical (unpaired) electrons. The molecule has 1 unspecified atom stereocenters. The van der Waals surface area contributed by atoms with Gasteiger partial charge in [0.1, 0.15) is 5.82 Å². The van der Waals surface area contributed by atoms with Crippen molar-refractivity contribution in [1.29, 1.82) is 0 Å². The zero-order chi connectivity index (χ0) is 14.1. The molecule has 0 saturated heterocycles. The van der Waals surface area contributed by atoms with Gasteiger partial charge in [-0.25, -0.2) is 4.39 Å². The van der Waals surface area contributed by atoms with Gasteiger partial charge in [-0.15, -0.1) is 0 Å². The van der Waals surface area contributed by atoms with Crippen LogP contribution in [0.25, 0.3) is 0 Å². The fraction of sp³-hybridized carbons (Fsp3) is 0.294. The van der Waals surface area contributed by atoms with E-state index in [0.717, 1.165) is 11.1 Å². The Morgan fingerprint density at radius 3 is 2.70 bits per heavy atom. The molecular formula is C17H16ClFO. The van der Waals surface area contributed by atoms with Crippen molar-refractivity contribution in [3.05, 3.63) is 70.0 Å². The second kappa shape index (κ2) is 5.55. The third-order valence-electron chi connectivity index (χ3n) is 3.76. The summed E-state index contributed by atoms with van der Waals surface area (Å²) in [7, 11) is 0. The van der Waals surface area contributed by atoms with Crippen LogP contribution in [0, 0.1) is 5.82 Å². The van der Waals surface area contributed by atoms with E-state index in [9.17, 15) is 9.50 Å². The molecule has 0 aromatic heterocycles. The summed E-state index contributed by atoms with van der Waals surface area (Å²) in [4.78, 5) is 0. The normalized spacial score (nSPS) is 16.1. The summed E-state index contributed by atoms with van der Waals surface area (Å²) in [5.41, 5.74) is 3.05. The van der Waals surface area contributed by atoms with Crippen LogP contribution in [-0.2, 0) is 6.42 Å². The zero-order valence-corrected chi connectivity index (χ0v) is 11.8. The van der Waals surface area contributed by atoms with Crippen molar-refractivity contribution in [3.8, 4) is 0 Å². The number of benzene rings is 2. The molecule has 1 fully saturated rings. The average Bonchev–Trinajstić information content (AvgIpc) is 3.28. The van der Waals surface area contributed by atoms with Crippen molar-refractivity contribution in [1.82, 2.24) is 0 Å². The van der Waals surface area contributed by atoms with E-state index in [-0.39, 0.29) is 5.02 Å². The van der Waals surface area contributed by atoms with Gasteiger partial charge in [0.15, 0.2) is 0 Å². The van der Waals surface area contributed by atoms with Gasteiger partial charge in [0.05, 0.1) is 11.1 Å². The topological polar surface area (TPSA) is 20.2 Å². The van der Waals surface area contributed by atoms with Crippen molar-refractivity contribution >= 4 is 11.6 Å². The summed E-state index contributed by atoms with van der Waals surface area (Å²) < 4.78 is 13.1. The van der Waals surface area contributed by atoms with E-state index >= 15 is 0 Å². The summed E-state index contributed by atoms with van der Waals surface area (Å²) in [6.45, 7) is 0. The van der Waals surface area contributed by atoms with Crippen molar-refractivity contribution in [2.75, 3.05) is 0 Å². The smallest absolute Gasteiger partial charge is 0.141 e. The molecule has 0 bridgehead atoms. The fourth-order valence-electron chi connectivity index (χ4n) is 2.44. The monoisotopic (exact) mass is 290 g/mol.